The first-order chi connectivity index (χ1) is 8.15. The number of amides is 1. The van der Waals surface area contributed by atoms with Crippen molar-refractivity contribution in [2.75, 3.05) is 19.8 Å². The number of esters is 1. The van der Waals surface area contributed by atoms with Crippen molar-refractivity contribution in [3.63, 3.8) is 0 Å². The number of hydrogen-bond donors (Lipinski definition) is 2. The van der Waals surface area contributed by atoms with Crippen molar-refractivity contribution in [2.24, 2.45) is 4.99 Å². The number of aliphatic hydroxyl groups is 1. The van der Waals surface area contributed by atoms with Crippen LogP contribution in [-0.2, 0) is 14.3 Å². The van der Waals surface area contributed by atoms with Gasteiger partial charge in [0.05, 0.1) is 6.61 Å². The van der Waals surface area contributed by atoms with Gasteiger partial charge in [-0.2, -0.15) is 0 Å². The first-order valence-corrected chi connectivity index (χ1v) is 5.65. The predicted octanol–water partition coefficient (Wildman–Crippen LogP) is -0.102. The molecule has 0 heterocycles. The van der Waals surface area contributed by atoms with E-state index in [1.165, 1.54) is 0 Å². The highest BCUT2D eigenvalue weighted by Crippen LogP contribution is 2.04. The smallest absolute Gasteiger partial charge is 0.325 e. The van der Waals surface area contributed by atoms with Crippen LogP contribution in [0.3, 0.4) is 0 Å². The van der Waals surface area contributed by atoms with Crippen molar-refractivity contribution in [1.82, 2.24) is 5.32 Å². The molecule has 0 aliphatic carbocycles. The fraction of sp³-hybridized carbons (Fsp3) is 0.727. The van der Waals surface area contributed by atoms with Gasteiger partial charge in [0, 0.05) is 6.61 Å². The van der Waals surface area contributed by atoms with Crippen LogP contribution >= 0.6 is 0 Å². The predicted molar refractivity (Wildman–Crippen MR) is 63.9 cm³/mol. The average molecular weight is 244 g/mol. The molecule has 0 rings (SSSR count). The summed E-state index contributed by atoms with van der Waals surface area (Å²) in [4.78, 5) is 26.3. The van der Waals surface area contributed by atoms with Crippen LogP contribution < -0.4 is 5.32 Å². The Bertz CT molecular complexity index is 256. The minimum atomic E-state index is -0.573. The number of carbonyl (C=O) groups excluding carboxylic acids is 2. The Balaban J connectivity index is 3.91. The second kappa shape index (κ2) is 9.77. The number of ether oxygens (including phenoxy) is 1. The van der Waals surface area contributed by atoms with Crippen molar-refractivity contribution in [3.05, 3.63) is 0 Å². The van der Waals surface area contributed by atoms with Crippen molar-refractivity contribution >= 4 is 18.6 Å². The molecular weight excluding hydrogens is 224 g/mol. The van der Waals surface area contributed by atoms with Gasteiger partial charge < -0.3 is 15.2 Å². The van der Waals surface area contributed by atoms with Crippen LogP contribution in [0, 0.1) is 0 Å². The van der Waals surface area contributed by atoms with Crippen LogP contribution in [0.15, 0.2) is 4.99 Å². The minimum absolute atomic E-state index is 0.0916. The minimum Gasteiger partial charge on any atom is -0.465 e. The highest BCUT2D eigenvalue weighted by molar-refractivity contribution is 5.86. The van der Waals surface area contributed by atoms with Gasteiger partial charge in [0.2, 0.25) is 5.91 Å². The molecule has 0 saturated heterocycles. The number of carbonyl (C=O) groups is 2. The highest BCUT2D eigenvalue weighted by atomic mass is 16.5. The molecule has 98 valence electrons. The third-order valence-electron chi connectivity index (χ3n) is 2.12. The monoisotopic (exact) mass is 244 g/mol. The van der Waals surface area contributed by atoms with Gasteiger partial charge in [0.15, 0.2) is 0 Å². The fourth-order valence-electron chi connectivity index (χ4n) is 1.24. The maximum absolute atomic E-state index is 11.6. The summed E-state index contributed by atoms with van der Waals surface area (Å²) in [5.41, 5.74) is 0. The molecule has 0 saturated carbocycles. The van der Waals surface area contributed by atoms with Crippen LogP contribution in [0.1, 0.15) is 26.2 Å². The van der Waals surface area contributed by atoms with E-state index in [1.54, 1.807) is 6.92 Å². The van der Waals surface area contributed by atoms with Gasteiger partial charge in [0.1, 0.15) is 12.6 Å². The van der Waals surface area contributed by atoms with E-state index < -0.39 is 12.0 Å². The number of rotatable bonds is 9. The summed E-state index contributed by atoms with van der Waals surface area (Å²) in [6.45, 7) is 5.26. The summed E-state index contributed by atoms with van der Waals surface area (Å²) in [7, 11) is 0. The Kier molecular flexibility index (Phi) is 8.95. The third-order valence-corrected chi connectivity index (χ3v) is 2.12. The van der Waals surface area contributed by atoms with Crippen molar-refractivity contribution in [1.29, 1.82) is 0 Å². The summed E-state index contributed by atoms with van der Waals surface area (Å²) < 4.78 is 4.67. The number of aliphatic hydroxyl groups excluding tert-OH is 1. The molecule has 1 atom stereocenters. The molecule has 6 nitrogen and oxygen atoms in total. The number of nitrogens with one attached hydrogen (secondary N) is 1. The zero-order valence-electron chi connectivity index (χ0n) is 10.1. The maximum Gasteiger partial charge on any atom is 0.325 e. The molecule has 6 heteroatoms. The molecule has 1 amide bonds. The lowest BCUT2D eigenvalue weighted by molar-refractivity contribution is -0.143. The van der Waals surface area contributed by atoms with Gasteiger partial charge in [0.25, 0.3) is 0 Å². The van der Waals surface area contributed by atoms with E-state index in [-0.39, 0.29) is 25.7 Å². The van der Waals surface area contributed by atoms with Crippen molar-refractivity contribution in [2.45, 2.75) is 32.2 Å². The van der Waals surface area contributed by atoms with E-state index in [9.17, 15) is 9.59 Å². The Morgan fingerprint density at radius 2 is 2.18 bits per heavy atom. The highest BCUT2D eigenvalue weighted by Gasteiger charge is 2.16. The second-order valence-electron chi connectivity index (χ2n) is 3.44. The molecule has 0 unspecified atom stereocenters. The zero-order chi connectivity index (χ0) is 13.1. The van der Waals surface area contributed by atoms with Crippen LogP contribution in [0.2, 0.25) is 0 Å². The standard InChI is InChI=1S/C11H20N2O4/c1-3-17-10(15)8-13-11(16)9(12-2)6-4-5-7-14/h9,14H,2-8H2,1H3,(H,13,16)/t9-/m0/s1. The van der Waals surface area contributed by atoms with Crippen LogP contribution in [-0.4, -0.2) is 49.5 Å². The summed E-state index contributed by atoms with van der Waals surface area (Å²) >= 11 is 0. The summed E-state index contributed by atoms with van der Waals surface area (Å²) in [5.74, 6) is -0.815. The molecule has 0 aromatic carbocycles. The largest absolute Gasteiger partial charge is 0.465 e. The zero-order valence-corrected chi connectivity index (χ0v) is 10.1. The Labute approximate surface area is 101 Å². The molecule has 0 aromatic rings. The van der Waals surface area contributed by atoms with E-state index in [2.05, 4.69) is 21.8 Å². The third kappa shape index (κ3) is 7.46. The topological polar surface area (TPSA) is 88.0 Å². The van der Waals surface area contributed by atoms with Gasteiger partial charge in [-0.1, -0.05) is 0 Å². The lowest BCUT2D eigenvalue weighted by Crippen LogP contribution is -2.37. The molecule has 0 aliphatic heterocycles. The number of unbranched alkanes of at least 4 members (excludes halogenated alkanes) is 1. The van der Waals surface area contributed by atoms with Gasteiger partial charge in [-0.15, -0.1) is 0 Å². The lowest BCUT2D eigenvalue weighted by atomic mass is 10.1. The van der Waals surface area contributed by atoms with E-state index in [0.717, 1.165) is 0 Å². The van der Waals surface area contributed by atoms with Crippen LogP contribution in [0.5, 0.6) is 0 Å². The molecule has 0 bridgehead atoms. The molecule has 0 fully saturated rings. The Hall–Kier alpha value is -1.43. The van der Waals surface area contributed by atoms with E-state index >= 15 is 0 Å². The fourth-order valence-corrected chi connectivity index (χ4v) is 1.24. The first-order valence-electron chi connectivity index (χ1n) is 5.65. The Morgan fingerprint density at radius 1 is 1.47 bits per heavy atom. The van der Waals surface area contributed by atoms with Crippen LogP contribution in [0.4, 0.5) is 0 Å². The molecule has 0 aromatic heterocycles. The lowest BCUT2D eigenvalue weighted by Gasteiger charge is -2.11. The number of aliphatic imine (C=N–C) groups is 1. The average Bonchev–Trinajstić information content (AvgIpc) is 2.32. The van der Waals surface area contributed by atoms with E-state index in [1.807, 2.05) is 0 Å². The quantitative estimate of drug-likeness (QED) is 0.337. The maximum atomic E-state index is 11.6. The first kappa shape index (κ1) is 15.6. The van der Waals surface area contributed by atoms with Crippen molar-refractivity contribution in [3.8, 4) is 0 Å². The van der Waals surface area contributed by atoms with Gasteiger partial charge in [-0.25, -0.2) is 0 Å². The number of nitrogens with zero attached hydrogens (tertiary/aromatic N) is 1. The van der Waals surface area contributed by atoms with Crippen molar-refractivity contribution < 1.29 is 19.4 Å². The second-order valence-corrected chi connectivity index (χ2v) is 3.44. The molecule has 0 aliphatic rings. The molecule has 0 spiro atoms. The molecule has 17 heavy (non-hydrogen) atoms. The Morgan fingerprint density at radius 3 is 2.71 bits per heavy atom. The summed E-state index contributed by atoms with van der Waals surface area (Å²) in [6, 6.07) is -0.573. The van der Waals surface area contributed by atoms with Gasteiger partial charge >= 0.3 is 5.97 Å². The van der Waals surface area contributed by atoms with E-state index in [0.29, 0.717) is 19.3 Å². The molecule has 0 radical (unpaired) electrons. The summed E-state index contributed by atoms with van der Waals surface area (Å²) in [6.07, 6.45) is 1.82. The normalized spacial score (nSPS) is 11.6. The van der Waals surface area contributed by atoms with Gasteiger partial charge in [-0.05, 0) is 32.9 Å². The van der Waals surface area contributed by atoms with E-state index in [4.69, 9.17) is 5.11 Å². The molecule has 2 N–H and O–H groups in total. The van der Waals surface area contributed by atoms with Crippen LogP contribution in [0.25, 0.3) is 0 Å². The van der Waals surface area contributed by atoms with Gasteiger partial charge in [-0.3, -0.25) is 14.6 Å². The SMILES string of the molecule is C=N[C@@H](CCCCO)C(=O)NCC(=O)OCC. The number of hydrogen-bond acceptors (Lipinski definition) is 5. The summed E-state index contributed by atoms with van der Waals surface area (Å²) in [5, 5.41) is 11.1. The molecular formula is C11H20N2O4.